The standard InChI is InChI=1S/C6H14FO4P/c1-3-5-6-10-12(8,11-7)9-4-2/h3-6H2,1-2H3. The van der Waals surface area contributed by atoms with Gasteiger partial charge in [-0.3, -0.25) is 9.05 Å². The van der Waals surface area contributed by atoms with Crippen LogP contribution in [-0.2, 0) is 18.3 Å². The van der Waals surface area contributed by atoms with Gasteiger partial charge in [0.05, 0.1) is 13.2 Å². The highest BCUT2D eigenvalue weighted by Crippen LogP contribution is 2.49. The van der Waals surface area contributed by atoms with E-state index in [1.54, 1.807) is 6.92 Å². The summed E-state index contributed by atoms with van der Waals surface area (Å²) in [5.41, 5.74) is 0. The van der Waals surface area contributed by atoms with Crippen molar-refractivity contribution in [2.24, 2.45) is 0 Å². The molecule has 4 nitrogen and oxygen atoms in total. The smallest absolute Gasteiger partial charge is 0.285 e. The lowest BCUT2D eigenvalue weighted by Gasteiger charge is -2.10. The van der Waals surface area contributed by atoms with Gasteiger partial charge in [0, 0.05) is 0 Å². The van der Waals surface area contributed by atoms with E-state index in [-0.39, 0.29) is 13.2 Å². The van der Waals surface area contributed by atoms with Crippen molar-refractivity contribution in [2.45, 2.75) is 26.7 Å². The molecule has 0 N–H and O–H groups in total. The first-order valence-corrected chi connectivity index (χ1v) is 5.34. The largest absolute Gasteiger partial charge is 0.506 e. The molecule has 6 heteroatoms. The number of rotatable bonds is 7. The molecular weight excluding hydrogens is 186 g/mol. The van der Waals surface area contributed by atoms with Crippen LogP contribution in [0.1, 0.15) is 26.7 Å². The fraction of sp³-hybridized carbons (Fsp3) is 1.00. The lowest BCUT2D eigenvalue weighted by molar-refractivity contribution is -0.0562. The summed E-state index contributed by atoms with van der Waals surface area (Å²) in [6.45, 7) is 3.78. The summed E-state index contributed by atoms with van der Waals surface area (Å²) >= 11 is 0. The SMILES string of the molecule is CCCCOP(=O)(OF)OCC. The third-order valence-electron chi connectivity index (χ3n) is 1.12. The van der Waals surface area contributed by atoms with Crippen molar-refractivity contribution in [3.63, 3.8) is 0 Å². The summed E-state index contributed by atoms with van der Waals surface area (Å²) in [4.78, 5) is 0. The molecule has 74 valence electrons. The Labute approximate surface area is 71.5 Å². The highest BCUT2D eigenvalue weighted by molar-refractivity contribution is 7.48. The number of unbranched alkanes of at least 4 members (excludes halogenated alkanes) is 1. The van der Waals surface area contributed by atoms with Crippen LogP contribution in [0.15, 0.2) is 0 Å². The molecule has 0 spiro atoms. The van der Waals surface area contributed by atoms with Gasteiger partial charge < -0.3 is 0 Å². The minimum absolute atomic E-state index is 0.0906. The molecule has 0 aliphatic carbocycles. The molecule has 1 unspecified atom stereocenters. The van der Waals surface area contributed by atoms with Crippen molar-refractivity contribution < 1.29 is 22.9 Å². The fourth-order valence-corrected chi connectivity index (χ4v) is 1.38. The molecular formula is C6H14FO4P. The zero-order valence-electron chi connectivity index (χ0n) is 7.29. The first-order chi connectivity index (χ1) is 5.68. The molecule has 0 heterocycles. The van der Waals surface area contributed by atoms with Gasteiger partial charge in [-0.1, -0.05) is 18.1 Å². The molecule has 0 radical (unpaired) electrons. The molecule has 0 bridgehead atoms. The number of phosphoric acid groups is 1. The van der Waals surface area contributed by atoms with E-state index < -0.39 is 7.82 Å². The van der Waals surface area contributed by atoms with Crippen molar-refractivity contribution in [3.05, 3.63) is 0 Å². The van der Waals surface area contributed by atoms with Crippen molar-refractivity contribution in [1.82, 2.24) is 0 Å². The molecule has 0 fully saturated rings. The summed E-state index contributed by atoms with van der Waals surface area (Å²) in [6, 6.07) is 0. The second-order valence-corrected chi connectivity index (χ2v) is 3.67. The third-order valence-corrected chi connectivity index (χ3v) is 2.36. The number of phosphoric ester groups is 1. The van der Waals surface area contributed by atoms with E-state index in [0.717, 1.165) is 6.42 Å². The van der Waals surface area contributed by atoms with Gasteiger partial charge in [0.25, 0.3) is 0 Å². The average molecular weight is 200 g/mol. The highest BCUT2D eigenvalue weighted by Gasteiger charge is 2.26. The lowest BCUT2D eigenvalue weighted by Crippen LogP contribution is -1.97. The molecule has 0 amide bonds. The third kappa shape index (κ3) is 4.83. The number of halogens is 1. The number of hydrogen-bond acceptors (Lipinski definition) is 4. The van der Waals surface area contributed by atoms with Gasteiger partial charge in [-0.2, -0.15) is 0 Å². The van der Waals surface area contributed by atoms with Crippen LogP contribution in [0.2, 0.25) is 0 Å². The van der Waals surface area contributed by atoms with E-state index in [1.165, 1.54) is 0 Å². The summed E-state index contributed by atoms with van der Waals surface area (Å²) in [5.74, 6) is 0. The van der Waals surface area contributed by atoms with E-state index >= 15 is 0 Å². The van der Waals surface area contributed by atoms with Crippen LogP contribution in [0.25, 0.3) is 0 Å². The average Bonchev–Trinajstić information content (AvgIpc) is 2.06. The molecule has 0 rings (SSSR count). The first kappa shape index (κ1) is 12.0. The van der Waals surface area contributed by atoms with Crippen molar-refractivity contribution in [2.75, 3.05) is 13.2 Å². The number of hydrogen-bond donors (Lipinski definition) is 0. The van der Waals surface area contributed by atoms with Crippen LogP contribution in [-0.4, -0.2) is 13.2 Å². The van der Waals surface area contributed by atoms with E-state index in [9.17, 15) is 9.09 Å². The molecule has 12 heavy (non-hydrogen) atoms. The van der Waals surface area contributed by atoms with Crippen LogP contribution in [0.4, 0.5) is 4.53 Å². The predicted octanol–water partition coefficient (Wildman–Crippen LogP) is 2.85. The van der Waals surface area contributed by atoms with Crippen molar-refractivity contribution in [3.8, 4) is 0 Å². The maximum Gasteiger partial charge on any atom is 0.506 e. The van der Waals surface area contributed by atoms with Gasteiger partial charge in [-0.05, 0) is 17.9 Å². The summed E-state index contributed by atoms with van der Waals surface area (Å²) < 4.78 is 34.9. The second-order valence-electron chi connectivity index (χ2n) is 2.12. The molecule has 0 aliphatic rings. The Bertz CT molecular complexity index is 152. The van der Waals surface area contributed by atoms with Gasteiger partial charge in [0.2, 0.25) is 0 Å². The topological polar surface area (TPSA) is 44.8 Å². The summed E-state index contributed by atoms with van der Waals surface area (Å²) in [6.07, 6.45) is 1.57. The van der Waals surface area contributed by atoms with Crippen LogP contribution in [0, 0.1) is 0 Å². The highest BCUT2D eigenvalue weighted by atomic mass is 31.2. The minimum atomic E-state index is -3.90. The zero-order valence-corrected chi connectivity index (χ0v) is 8.18. The normalized spacial score (nSPS) is 15.9. The molecule has 0 aromatic heterocycles. The van der Waals surface area contributed by atoms with Gasteiger partial charge in [0.15, 0.2) is 0 Å². The Morgan fingerprint density at radius 2 is 2.00 bits per heavy atom. The Hall–Kier alpha value is 0.0400. The second kappa shape index (κ2) is 6.54. The molecule has 0 aromatic carbocycles. The van der Waals surface area contributed by atoms with Crippen molar-refractivity contribution >= 4 is 7.82 Å². The van der Waals surface area contributed by atoms with Crippen LogP contribution < -0.4 is 0 Å². The van der Waals surface area contributed by atoms with Gasteiger partial charge in [0.1, 0.15) is 0 Å². The Kier molecular flexibility index (Phi) is 6.57. The van der Waals surface area contributed by atoms with Gasteiger partial charge in [-0.15, -0.1) is 0 Å². The Morgan fingerprint density at radius 3 is 2.42 bits per heavy atom. The predicted molar refractivity (Wildman–Crippen MR) is 42.3 cm³/mol. The maximum absolute atomic E-state index is 11.6. The summed E-state index contributed by atoms with van der Waals surface area (Å²) in [5, 5.41) is 0. The van der Waals surface area contributed by atoms with E-state index in [2.05, 4.69) is 13.8 Å². The van der Waals surface area contributed by atoms with Crippen LogP contribution in [0.5, 0.6) is 0 Å². The van der Waals surface area contributed by atoms with Gasteiger partial charge in [-0.25, -0.2) is 4.57 Å². The summed E-state index contributed by atoms with van der Waals surface area (Å²) in [7, 11) is -3.90. The minimum Gasteiger partial charge on any atom is -0.285 e. The quantitative estimate of drug-likeness (QED) is 0.468. The lowest BCUT2D eigenvalue weighted by atomic mass is 10.4. The Morgan fingerprint density at radius 1 is 1.33 bits per heavy atom. The van der Waals surface area contributed by atoms with E-state index in [0.29, 0.717) is 6.42 Å². The maximum atomic E-state index is 11.6. The van der Waals surface area contributed by atoms with Gasteiger partial charge >= 0.3 is 7.82 Å². The first-order valence-electron chi connectivity index (χ1n) is 3.88. The molecule has 0 aromatic rings. The van der Waals surface area contributed by atoms with E-state index in [4.69, 9.17) is 0 Å². The van der Waals surface area contributed by atoms with Crippen molar-refractivity contribution in [1.29, 1.82) is 0 Å². The molecule has 0 aliphatic heterocycles. The molecule has 0 saturated carbocycles. The Balaban J connectivity index is 3.72. The fourth-order valence-electron chi connectivity index (χ4n) is 0.556. The molecule has 0 saturated heterocycles. The monoisotopic (exact) mass is 200 g/mol. The van der Waals surface area contributed by atoms with Crippen LogP contribution in [0.3, 0.4) is 0 Å². The van der Waals surface area contributed by atoms with E-state index in [1.807, 2.05) is 6.92 Å². The zero-order chi connectivity index (χ0) is 9.45. The molecule has 1 atom stereocenters. The van der Waals surface area contributed by atoms with Crippen LogP contribution >= 0.6 is 7.82 Å².